The molecule has 10 heteroatoms. The molecule has 0 radical (unpaired) electrons. The Kier molecular flexibility index (Phi) is 10.1. The van der Waals surface area contributed by atoms with Crippen LogP contribution in [-0.4, -0.2) is 79.4 Å². The smallest absolute Gasteiger partial charge is 0.255 e. The lowest BCUT2D eigenvalue weighted by Crippen LogP contribution is -2.54. The van der Waals surface area contributed by atoms with Crippen LogP contribution in [0.25, 0.3) is 0 Å². The second kappa shape index (κ2) is 13.2. The zero-order valence-corrected chi connectivity index (χ0v) is 21.5. The molecule has 3 atom stereocenters. The van der Waals surface area contributed by atoms with E-state index in [1.165, 1.54) is 0 Å². The van der Waals surface area contributed by atoms with Crippen LogP contribution < -0.4 is 26.0 Å². The van der Waals surface area contributed by atoms with Gasteiger partial charge in [0.1, 0.15) is 17.8 Å². The summed E-state index contributed by atoms with van der Waals surface area (Å²) < 4.78 is 5.80. The molecule has 4 N–H and O–H groups in total. The molecule has 0 aliphatic carbocycles. The zero-order valence-electron chi connectivity index (χ0n) is 21.5. The molecule has 0 spiro atoms. The topological polar surface area (TPSA) is 129 Å². The molecule has 1 aromatic carbocycles. The fourth-order valence-electron chi connectivity index (χ4n) is 4.64. The summed E-state index contributed by atoms with van der Waals surface area (Å²) in [6.07, 6.45) is 2.30. The molecular weight excluding hydrogens is 462 g/mol. The van der Waals surface area contributed by atoms with Gasteiger partial charge in [-0.15, -0.1) is 0 Å². The number of hydrogen-bond acceptors (Lipinski definition) is 6. The van der Waals surface area contributed by atoms with Gasteiger partial charge in [-0.3, -0.25) is 24.1 Å². The van der Waals surface area contributed by atoms with Gasteiger partial charge in [-0.1, -0.05) is 32.9 Å². The van der Waals surface area contributed by atoms with Crippen molar-refractivity contribution in [1.82, 2.24) is 26.2 Å². The first-order chi connectivity index (χ1) is 17.3. The van der Waals surface area contributed by atoms with Gasteiger partial charge in [0.05, 0.1) is 18.6 Å². The maximum Gasteiger partial charge on any atom is 0.255 e. The highest BCUT2D eigenvalue weighted by Gasteiger charge is 2.31. The van der Waals surface area contributed by atoms with Crippen LogP contribution in [0.2, 0.25) is 0 Å². The Balaban J connectivity index is 1.80. The summed E-state index contributed by atoms with van der Waals surface area (Å²) in [4.78, 5) is 54.3. The van der Waals surface area contributed by atoms with Crippen LogP contribution in [0, 0.1) is 5.92 Å². The number of nitrogens with zero attached hydrogens (tertiary/aromatic N) is 1. The van der Waals surface area contributed by atoms with Crippen molar-refractivity contribution in [3.63, 3.8) is 0 Å². The van der Waals surface area contributed by atoms with Gasteiger partial charge < -0.3 is 26.0 Å². The summed E-state index contributed by atoms with van der Waals surface area (Å²) in [5.41, 5.74) is 0.280. The summed E-state index contributed by atoms with van der Waals surface area (Å²) >= 11 is 0. The molecular formula is C26H39N5O5. The summed E-state index contributed by atoms with van der Waals surface area (Å²) in [6.45, 7) is 8.77. The highest BCUT2D eigenvalue weighted by atomic mass is 16.5. The normalized spacial score (nSPS) is 24.4. The molecule has 2 aliphatic rings. The average molecular weight is 502 g/mol. The van der Waals surface area contributed by atoms with Gasteiger partial charge >= 0.3 is 0 Å². The van der Waals surface area contributed by atoms with Crippen LogP contribution in [0.3, 0.4) is 0 Å². The first-order valence-corrected chi connectivity index (χ1v) is 12.9. The Morgan fingerprint density at radius 3 is 2.69 bits per heavy atom. The third-order valence-corrected chi connectivity index (χ3v) is 6.70. The molecule has 3 rings (SSSR count). The quantitative estimate of drug-likeness (QED) is 0.473. The van der Waals surface area contributed by atoms with Gasteiger partial charge in [0.15, 0.2) is 0 Å². The second-order valence-corrected chi connectivity index (χ2v) is 9.68. The van der Waals surface area contributed by atoms with Gasteiger partial charge in [-0.25, -0.2) is 0 Å². The van der Waals surface area contributed by atoms with E-state index in [-0.39, 0.29) is 29.9 Å². The third kappa shape index (κ3) is 7.43. The number of fused-ring (bicyclic) bond motifs is 1. The molecule has 2 aliphatic heterocycles. The van der Waals surface area contributed by atoms with E-state index in [0.717, 1.165) is 25.9 Å². The number of hydrogen-bond donors (Lipinski definition) is 4. The molecule has 2 heterocycles. The second-order valence-electron chi connectivity index (χ2n) is 9.68. The van der Waals surface area contributed by atoms with Crippen molar-refractivity contribution in [2.45, 2.75) is 64.6 Å². The van der Waals surface area contributed by atoms with Crippen molar-refractivity contribution in [2.24, 2.45) is 5.92 Å². The van der Waals surface area contributed by atoms with Gasteiger partial charge in [0.2, 0.25) is 17.7 Å². The number of ether oxygens (including phenoxy) is 1. The van der Waals surface area contributed by atoms with Crippen LogP contribution >= 0.6 is 0 Å². The number of likely N-dealkylation sites (N-methyl/N-ethyl adjacent to an activating group) is 1. The Hall–Kier alpha value is -3.14. The third-order valence-electron chi connectivity index (χ3n) is 6.70. The fourth-order valence-corrected chi connectivity index (χ4v) is 4.64. The Bertz CT molecular complexity index is 937. The largest absolute Gasteiger partial charge is 0.493 e. The van der Waals surface area contributed by atoms with E-state index in [1.807, 2.05) is 13.8 Å². The number of para-hydroxylation sites is 1. The number of rotatable bonds is 5. The van der Waals surface area contributed by atoms with Crippen LogP contribution in [0.15, 0.2) is 24.3 Å². The van der Waals surface area contributed by atoms with E-state index in [2.05, 4.69) is 33.1 Å². The minimum absolute atomic E-state index is 0.158. The number of benzene rings is 1. The first kappa shape index (κ1) is 27.4. The maximum absolute atomic E-state index is 13.2. The SMILES string of the molecule is CCN1CCC[C@H]1CNC(=O)[C@@H]1CC(=O)N[C@@H](C(C)C)C(=O)NCCCOc2ccccc2C(=O)N1. The highest BCUT2D eigenvalue weighted by Crippen LogP contribution is 2.19. The van der Waals surface area contributed by atoms with Gasteiger partial charge in [-0.05, 0) is 50.4 Å². The number of carbonyl (C=O) groups is 4. The number of likely N-dealkylation sites (tertiary alicyclic amines) is 1. The molecule has 4 amide bonds. The van der Waals surface area contributed by atoms with Gasteiger partial charge in [-0.2, -0.15) is 0 Å². The molecule has 36 heavy (non-hydrogen) atoms. The first-order valence-electron chi connectivity index (χ1n) is 12.9. The summed E-state index contributed by atoms with van der Waals surface area (Å²) in [5, 5.41) is 11.2. The lowest BCUT2D eigenvalue weighted by atomic mass is 10.0. The summed E-state index contributed by atoms with van der Waals surface area (Å²) in [6, 6.07) is 5.14. The van der Waals surface area contributed by atoms with Crippen LogP contribution in [0.5, 0.6) is 5.75 Å². The van der Waals surface area contributed by atoms with Crippen molar-refractivity contribution in [3.05, 3.63) is 29.8 Å². The van der Waals surface area contributed by atoms with Crippen LogP contribution in [-0.2, 0) is 14.4 Å². The van der Waals surface area contributed by atoms with Crippen LogP contribution in [0.4, 0.5) is 0 Å². The average Bonchev–Trinajstić information content (AvgIpc) is 3.32. The van der Waals surface area contributed by atoms with Crippen LogP contribution in [0.1, 0.15) is 56.8 Å². The lowest BCUT2D eigenvalue weighted by molar-refractivity contribution is -0.131. The van der Waals surface area contributed by atoms with Crippen molar-refractivity contribution in [2.75, 3.05) is 32.8 Å². The summed E-state index contributed by atoms with van der Waals surface area (Å²) in [7, 11) is 0. The summed E-state index contributed by atoms with van der Waals surface area (Å²) in [5.74, 6) is -1.49. The highest BCUT2D eigenvalue weighted by molar-refractivity contribution is 6.01. The number of nitrogens with one attached hydrogen (secondary N) is 4. The molecule has 0 unspecified atom stereocenters. The van der Waals surface area contributed by atoms with E-state index in [1.54, 1.807) is 24.3 Å². The predicted molar refractivity (Wildman–Crippen MR) is 135 cm³/mol. The standard InChI is InChI=1S/C26H39N5O5/c1-4-31-13-7-9-18(31)16-28-25(34)20-15-22(32)30-23(17(2)3)26(35)27-12-8-14-36-21-11-6-5-10-19(21)24(33)29-20/h5-6,10-11,17-18,20,23H,4,7-9,12-16H2,1-3H3,(H,27,35)(H,28,34)(H,29,33)(H,30,32)/t18-,20-,23-/m0/s1. The monoisotopic (exact) mass is 501 g/mol. The molecule has 1 aromatic rings. The van der Waals surface area contributed by atoms with E-state index in [4.69, 9.17) is 4.74 Å². The number of amides is 4. The molecule has 10 nitrogen and oxygen atoms in total. The molecule has 0 bridgehead atoms. The van der Waals surface area contributed by atoms with E-state index in [0.29, 0.717) is 31.9 Å². The van der Waals surface area contributed by atoms with Crippen molar-refractivity contribution in [3.8, 4) is 5.75 Å². The minimum Gasteiger partial charge on any atom is -0.493 e. The van der Waals surface area contributed by atoms with E-state index in [9.17, 15) is 19.2 Å². The Morgan fingerprint density at radius 1 is 1.17 bits per heavy atom. The maximum atomic E-state index is 13.2. The fraction of sp³-hybridized carbons (Fsp3) is 0.615. The van der Waals surface area contributed by atoms with E-state index >= 15 is 0 Å². The molecule has 0 saturated carbocycles. The predicted octanol–water partition coefficient (Wildman–Crippen LogP) is 0.815. The van der Waals surface area contributed by atoms with E-state index < -0.39 is 29.8 Å². The number of carbonyl (C=O) groups excluding carboxylic acids is 4. The molecule has 1 saturated heterocycles. The van der Waals surface area contributed by atoms with Gasteiger partial charge in [0.25, 0.3) is 5.91 Å². The molecule has 1 fully saturated rings. The van der Waals surface area contributed by atoms with Crippen molar-refractivity contribution < 1.29 is 23.9 Å². The van der Waals surface area contributed by atoms with Crippen molar-refractivity contribution in [1.29, 1.82) is 0 Å². The lowest BCUT2D eigenvalue weighted by Gasteiger charge is -2.25. The van der Waals surface area contributed by atoms with Gasteiger partial charge in [0, 0.05) is 19.1 Å². The minimum atomic E-state index is -1.11. The Labute approximate surface area is 212 Å². The zero-order chi connectivity index (χ0) is 26.1. The molecule has 198 valence electrons. The Morgan fingerprint density at radius 2 is 1.94 bits per heavy atom. The molecule has 0 aromatic heterocycles. The van der Waals surface area contributed by atoms with Crippen molar-refractivity contribution >= 4 is 23.6 Å².